The van der Waals surface area contributed by atoms with Gasteiger partial charge in [0.2, 0.25) is 11.8 Å². The molecule has 7 nitrogen and oxygen atoms in total. The highest BCUT2D eigenvalue weighted by molar-refractivity contribution is 6.30. The van der Waals surface area contributed by atoms with E-state index >= 15 is 0 Å². The molecule has 24 heavy (non-hydrogen) atoms. The van der Waals surface area contributed by atoms with E-state index in [1.165, 1.54) is 23.5 Å². The number of carbonyl (C=O) groups excluding carboxylic acids is 1. The van der Waals surface area contributed by atoms with Gasteiger partial charge in [0, 0.05) is 18.0 Å². The van der Waals surface area contributed by atoms with Crippen molar-refractivity contribution in [1.82, 2.24) is 19.7 Å². The first kappa shape index (κ1) is 15.9. The largest absolute Gasteiger partial charge is 0.439 e. The number of benzene rings is 1. The van der Waals surface area contributed by atoms with Gasteiger partial charge < -0.3 is 10.1 Å². The summed E-state index contributed by atoms with van der Waals surface area (Å²) in [5.41, 5.74) is 0.656. The second kappa shape index (κ2) is 7.10. The molecular formula is C16H14ClN5O2. The Bertz CT molecular complexity index is 803. The maximum absolute atomic E-state index is 12.2. The van der Waals surface area contributed by atoms with Crippen molar-refractivity contribution in [2.45, 2.75) is 13.0 Å². The van der Waals surface area contributed by atoms with Gasteiger partial charge in [-0.25, -0.2) is 14.6 Å². The highest BCUT2D eigenvalue weighted by Gasteiger charge is 2.15. The van der Waals surface area contributed by atoms with Gasteiger partial charge in [-0.2, -0.15) is 5.10 Å². The lowest BCUT2D eigenvalue weighted by Gasteiger charge is -2.12. The number of carbonyl (C=O) groups is 1. The van der Waals surface area contributed by atoms with Crippen LogP contribution in [-0.4, -0.2) is 25.7 Å². The zero-order valence-electron chi connectivity index (χ0n) is 12.8. The molecule has 1 amide bonds. The van der Waals surface area contributed by atoms with Gasteiger partial charge in [0.25, 0.3) is 0 Å². The van der Waals surface area contributed by atoms with Crippen molar-refractivity contribution in [3.63, 3.8) is 0 Å². The highest BCUT2D eigenvalue weighted by atomic mass is 35.5. The van der Waals surface area contributed by atoms with Crippen LogP contribution in [0.1, 0.15) is 13.0 Å². The van der Waals surface area contributed by atoms with E-state index in [0.29, 0.717) is 22.3 Å². The van der Waals surface area contributed by atoms with E-state index in [1.807, 2.05) is 0 Å². The molecule has 0 unspecified atom stereocenters. The number of aromatic nitrogens is 4. The molecule has 8 heteroatoms. The standard InChI is InChI=1S/C16H14ClN5O2/c1-11(22-10-18-9-20-22)16(23)21-13-3-5-14(6-4-13)24-15-7-2-12(17)8-19-15/h2-11H,1H3,(H,21,23)/t11-/m1/s1. The van der Waals surface area contributed by atoms with Gasteiger partial charge in [0.1, 0.15) is 24.4 Å². The lowest BCUT2D eigenvalue weighted by Crippen LogP contribution is -2.23. The van der Waals surface area contributed by atoms with Crippen molar-refractivity contribution in [2.75, 3.05) is 5.32 Å². The SMILES string of the molecule is C[C@H](C(=O)Nc1ccc(Oc2ccc(Cl)cn2)cc1)n1cncn1. The van der Waals surface area contributed by atoms with E-state index < -0.39 is 6.04 Å². The third kappa shape index (κ3) is 3.88. The van der Waals surface area contributed by atoms with Crippen molar-refractivity contribution in [3.05, 3.63) is 60.3 Å². The van der Waals surface area contributed by atoms with Gasteiger partial charge in [-0.15, -0.1) is 0 Å². The molecular weight excluding hydrogens is 330 g/mol. The summed E-state index contributed by atoms with van der Waals surface area (Å²) >= 11 is 5.78. The molecule has 0 saturated carbocycles. The van der Waals surface area contributed by atoms with Crippen molar-refractivity contribution in [3.8, 4) is 11.6 Å². The Morgan fingerprint density at radius 3 is 2.67 bits per heavy atom. The Hall–Kier alpha value is -2.93. The van der Waals surface area contributed by atoms with Crippen LogP contribution < -0.4 is 10.1 Å². The minimum absolute atomic E-state index is 0.187. The summed E-state index contributed by atoms with van der Waals surface area (Å²) in [6.45, 7) is 1.74. The predicted molar refractivity (Wildman–Crippen MR) is 89.1 cm³/mol. The molecule has 0 saturated heterocycles. The first-order chi connectivity index (χ1) is 11.6. The Kier molecular flexibility index (Phi) is 4.72. The molecule has 1 N–H and O–H groups in total. The number of halogens is 1. The molecule has 0 aliphatic carbocycles. The Morgan fingerprint density at radius 1 is 1.25 bits per heavy atom. The van der Waals surface area contributed by atoms with Gasteiger partial charge in [-0.05, 0) is 37.3 Å². The van der Waals surface area contributed by atoms with E-state index in [4.69, 9.17) is 16.3 Å². The van der Waals surface area contributed by atoms with E-state index in [1.54, 1.807) is 43.3 Å². The summed E-state index contributed by atoms with van der Waals surface area (Å²) in [5, 5.41) is 7.31. The number of nitrogens with one attached hydrogen (secondary N) is 1. The molecule has 2 aromatic heterocycles. The average Bonchev–Trinajstić information content (AvgIpc) is 3.12. The number of amides is 1. The fourth-order valence-corrected chi connectivity index (χ4v) is 2.05. The van der Waals surface area contributed by atoms with Crippen LogP contribution in [0, 0.1) is 0 Å². The van der Waals surface area contributed by atoms with E-state index in [9.17, 15) is 4.79 Å². The van der Waals surface area contributed by atoms with Crippen LogP contribution in [0.3, 0.4) is 0 Å². The molecule has 0 spiro atoms. The number of hydrogen-bond donors (Lipinski definition) is 1. The average molecular weight is 344 g/mol. The fraction of sp³-hybridized carbons (Fsp3) is 0.125. The van der Waals surface area contributed by atoms with Gasteiger partial charge in [0.15, 0.2) is 0 Å². The molecule has 3 aromatic rings. The summed E-state index contributed by atoms with van der Waals surface area (Å²) < 4.78 is 7.08. The zero-order chi connectivity index (χ0) is 16.9. The van der Waals surface area contributed by atoms with E-state index in [-0.39, 0.29) is 5.91 Å². The maximum atomic E-state index is 12.2. The minimum Gasteiger partial charge on any atom is -0.439 e. The highest BCUT2D eigenvalue weighted by Crippen LogP contribution is 2.22. The third-order valence-corrected chi connectivity index (χ3v) is 3.48. The van der Waals surface area contributed by atoms with Crippen molar-refractivity contribution < 1.29 is 9.53 Å². The van der Waals surface area contributed by atoms with Crippen molar-refractivity contribution in [1.29, 1.82) is 0 Å². The number of pyridine rings is 1. The number of rotatable bonds is 5. The van der Waals surface area contributed by atoms with Crippen LogP contribution in [0.4, 0.5) is 5.69 Å². The summed E-state index contributed by atoms with van der Waals surface area (Å²) in [5.74, 6) is 0.858. The summed E-state index contributed by atoms with van der Waals surface area (Å²) in [4.78, 5) is 20.1. The smallest absolute Gasteiger partial charge is 0.249 e. The Balaban J connectivity index is 1.62. The van der Waals surface area contributed by atoms with Gasteiger partial charge >= 0.3 is 0 Å². The lowest BCUT2D eigenvalue weighted by molar-refractivity contribution is -0.119. The molecule has 2 heterocycles. The third-order valence-electron chi connectivity index (χ3n) is 3.26. The summed E-state index contributed by atoms with van der Waals surface area (Å²) in [7, 11) is 0. The second-order valence-corrected chi connectivity index (χ2v) is 5.42. The first-order valence-corrected chi connectivity index (χ1v) is 7.54. The normalized spacial score (nSPS) is 11.8. The topological polar surface area (TPSA) is 81.9 Å². The lowest BCUT2D eigenvalue weighted by atomic mass is 10.2. The van der Waals surface area contributed by atoms with E-state index in [2.05, 4.69) is 20.4 Å². The zero-order valence-corrected chi connectivity index (χ0v) is 13.5. The van der Waals surface area contributed by atoms with Gasteiger partial charge in [0.05, 0.1) is 5.02 Å². The Morgan fingerprint density at radius 2 is 2.04 bits per heavy atom. The van der Waals surface area contributed by atoms with Crippen molar-refractivity contribution in [2.24, 2.45) is 0 Å². The monoisotopic (exact) mass is 343 g/mol. The van der Waals surface area contributed by atoms with Crippen LogP contribution in [0.2, 0.25) is 5.02 Å². The van der Waals surface area contributed by atoms with E-state index in [0.717, 1.165) is 0 Å². The quantitative estimate of drug-likeness (QED) is 0.768. The second-order valence-electron chi connectivity index (χ2n) is 4.98. The molecule has 0 aliphatic heterocycles. The number of hydrogen-bond acceptors (Lipinski definition) is 5. The molecule has 0 fully saturated rings. The van der Waals surface area contributed by atoms with Crippen LogP contribution in [0.5, 0.6) is 11.6 Å². The minimum atomic E-state index is -0.457. The molecule has 3 rings (SSSR count). The predicted octanol–water partition coefficient (Wildman–Crippen LogP) is 3.32. The summed E-state index contributed by atoms with van der Waals surface area (Å²) in [6, 6.07) is 9.90. The van der Waals surface area contributed by atoms with Crippen LogP contribution in [0.15, 0.2) is 55.2 Å². The molecule has 0 aliphatic rings. The molecule has 122 valence electrons. The number of ether oxygens (including phenoxy) is 1. The molecule has 1 atom stereocenters. The van der Waals surface area contributed by atoms with Crippen molar-refractivity contribution >= 4 is 23.2 Å². The molecule has 0 bridgehead atoms. The maximum Gasteiger partial charge on any atom is 0.249 e. The fourth-order valence-electron chi connectivity index (χ4n) is 1.93. The van der Waals surface area contributed by atoms with Crippen LogP contribution >= 0.6 is 11.6 Å². The van der Waals surface area contributed by atoms with Crippen LogP contribution in [0.25, 0.3) is 0 Å². The number of nitrogens with zero attached hydrogens (tertiary/aromatic N) is 4. The van der Waals surface area contributed by atoms with Crippen LogP contribution in [-0.2, 0) is 4.79 Å². The van der Waals surface area contributed by atoms with Gasteiger partial charge in [-0.3, -0.25) is 4.79 Å². The summed E-state index contributed by atoms with van der Waals surface area (Å²) in [6.07, 6.45) is 4.40. The van der Waals surface area contributed by atoms with Gasteiger partial charge in [-0.1, -0.05) is 11.6 Å². The number of anilines is 1. The molecule has 0 radical (unpaired) electrons. The Labute approximate surface area is 143 Å². The first-order valence-electron chi connectivity index (χ1n) is 7.16. The molecule has 1 aromatic carbocycles.